The standard InChI is InChI=1S/C17H18N6O/c24-17(22-13-6-2-1-3-7-13)12-5-4-8-23(9-12)16-14-15(19-10-18-14)20-11-21-16/h1-3,6-7,10-12H,4-5,8-9H2,(H,22,24)(H,18,19,20,21). The molecule has 1 aromatic carbocycles. The Morgan fingerprint density at radius 1 is 1.21 bits per heavy atom. The van der Waals surface area contributed by atoms with Crippen LogP contribution in [0.25, 0.3) is 11.2 Å². The van der Waals surface area contributed by atoms with Gasteiger partial charge in [-0.2, -0.15) is 0 Å². The topological polar surface area (TPSA) is 86.8 Å². The van der Waals surface area contributed by atoms with Gasteiger partial charge >= 0.3 is 0 Å². The molecule has 1 atom stereocenters. The molecule has 1 aliphatic rings. The second-order valence-electron chi connectivity index (χ2n) is 5.94. The van der Waals surface area contributed by atoms with Crippen molar-refractivity contribution in [2.24, 2.45) is 5.92 Å². The Morgan fingerprint density at radius 3 is 2.96 bits per heavy atom. The molecule has 2 N–H and O–H groups in total. The van der Waals surface area contributed by atoms with Crippen molar-refractivity contribution in [2.45, 2.75) is 12.8 Å². The molecule has 2 aromatic heterocycles. The van der Waals surface area contributed by atoms with Gasteiger partial charge < -0.3 is 15.2 Å². The average Bonchev–Trinajstić information content (AvgIpc) is 3.11. The van der Waals surface area contributed by atoms with Gasteiger partial charge in [0.05, 0.1) is 12.2 Å². The van der Waals surface area contributed by atoms with Crippen LogP contribution in [0.15, 0.2) is 43.0 Å². The van der Waals surface area contributed by atoms with Crippen molar-refractivity contribution >= 4 is 28.6 Å². The Kier molecular flexibility index (Phi) is 3.82. The average molecular weight is 322 g/mol. The summed E-state index contributed by atoms with van der Waals surface area (Å²) in [6.07, 6.45) is 4.97. The maximum Gasteiger partial charge on any atom is 0.229 e. The highest BCUT2D eigenvalue weighted by molar-refractivity contribution is 5.93. The molecule has 1 amide bonds. The van der Waals surface area contributed by atoms with Crippen molar-refractivity contribution in [1.82, 2.24) is 19.9 Å². The summed E-state index contributed by atoms with van der Waals surface area (Å²) >= 11 is 0. The lowest BCUT2D eigenvalue weighted by atomic mass is 9.97. The highest BCUT2D eigenvalue weighted by atomic mass is 16.1. The summed E-state index contributed by atoms with van der Waals surface area (Å²) in [6, 6.07) is 9.56. The van der Waals surface area contributed by atoms with E-state index in [4.69, 9.17) is 0 Å². The van der Waals surface area contributed by atoms with Crippen molar-refractivity contribution < 1.29 is 4.79 Å². The number of H-pyrrole nitrogens is 1. The van der Waals surface area contributed by atoms with Crippen molar-refractivity contribution in [1.29, 1.82) is 0 Å². The van der Waals surface area contributed by atoms with Gasteiger partial charge in [0.2, 0.25) is 5.91 Å². The minimum Gasteiger partial charge on any atom is -0.354 e. The Labute approximate surface area is 139 Å². The summed E-state index contributed by atoms with van der Waals surface area (Å²) < 4.78 is 0. The van der Waals surface area contributed by atoms with Crippen molar-refractivity contribution in [3.05, 3.63) is 43.0 Å². The third-order valence-corrected chi connectivity index (χ3v) is 4.34. The van der Waals surface area contributed by atoms with Crippen LogP contribution in [0.2, 0.25) is 0 Å². The lowest BCUT2D eigenvalue weighted by molar-refractivity contribution is -0.120. The number of rotatable bonds is 3. The zero-order chi connectivity index (χ0) is 16.4. The van der Waals surface area contributed by atoms with Crippen LogP contribution in [0.4, 0.5) is 11.5 Å². The first-order valence-corrected chi connectivity index (χ1v) is 8.06. The van der Waals surface area contributed by atoms with Crippen molar-refractivity contribution in [3.63, 3.8) is 0 Å². The molecule has 0 saturated carbocycles. The minimum atomic E-state index is -0.0631. The normalized spacial score (nSPS) is 17.8. The van der Waals surface area contributed by atoms with E-state index < -0.39 is 0 Å². The lowest BCUT2D eigenvalue weighted by Crippen LogP contribution is -2.41. The number of fused-ring (bicyclic) bond motifs is 1. The van der Waals surface area contributed by atoms with Gasteiger partial charge in [0.15, 0.2) is 11.5 Å². The van der Waals surface area contributed by atoms with Crippen LogP contribution in [-0.2, 0) is 4.79 Å². The molecule has 7 heteroatoms. The minimum absolute atomic E-state index is 0.0563. The van der Waals surface area contributed by atoms with Crippen LogP contribution in [0, 0.1) is 5.92 Å². The number of anilines is 2. The van der Waals surface area contributed by atoms with E-state index in [2.05, 4.69) is 30.2 Å². The second-order valence-corrected chi connectivity index (χ2v) is 5.94. The molecule has 1 aliphatic heterocycles. The highest BCUT2D eigenvalue weighted by Crippen LogP contribution is 2.26. The van der Waals surface area contributed by atoms with E-state index in [9.17, 15) is 4.79 Å². The Balaban J connectivity index is 1.51. The summed E-state index contributed by atoms with van der Waals surface area (Å²) in [5.41, 5.74) is 2.30. The highest BCUT2D eigenvalue weighted by Gasteiger charge is 2.27. The van der Waals surface area contributed by atoms with Crippen LogP contribution in [0.3, 0.4) is 0 Å². The fourth-order valence-corrected chi connectivity index (χ4v) is 3.14. The van der Waals surface area contributed by atoms with Gasteiger partial charge in [0.1, 0.15) is 11.8 Å². The van der Waals surface area contributed by atoms with E-state index >= 15 is 0 Å². The van der Waals surface area contributed by atoms with Gasteiger partial charge in [0.25, 0.3) is 0 Å². The molecule has 1 fully saturated rings. The zero-order valence-corrected chi connectivity index (χ0v) is 13.1. The molecular formula is C17H18N6O. The molecule has 1 saturated heterocycles. The van der Waals surface area contributed by atoms with Crippen LogP contribution >= 0.6 is 0 Å². The number of aromatic nitrogens is 4. The second kappa shape index (κ2) is 6.27. The predicted molar refractivity (Wildman–Crippen MR) is 91.7 cm³/mol. The molecule has 0 radical (unpaired) electrons. The number of hydrogen-bond donors (Lipinski definition) is 2. The van der Waals surface area contributed by atoms with Crippen molar-refractivity contribution in [3.8, 4) is 0 Å². The van der Waals surface area contributed by atoms with Gasteiger partial charge in [0, 0.05) is 18.8 Å². The fourth-order valence-electron chi connectivity index (χ4n) is 3.14. The first-order chi connectivity index (χ1) is 11.8. The SMILES string of the molecule is O=C(Nc1ccccc1)C1CCCN(c2ncnc3nc[nH]c23)C1. The fraction of sp³-hybridized carbons (Fsp3) is 0.294. The molecule has 1 unspecified atom stereocenters. The number of nitrogens with one attached hydrogen (secondary N) is 2. The number of nitrogens with zero attached hydrogens (tertiary/aromatic N) is 4. The van der Waals surface area contributed by atoms with Gasteiger partial charge in [-0.25, -0.2) is 15.0 Å². The number of imidazole rings is 1. The summed E-state index contributed by atoms with van der Waals surface area (Å²) in [6.45, 7) is 1.52. The zero-order valence-electron chi connectivity index (χ0n) is 13.1. The molecule has 7 nitrogen and oxygen atoms in total. The van der Waals surface area contributed by atoms with Gasteiger partial charge in [-0.05, 0) is 25.0 Å². The summed E-state index contributed by atoms with van der Waals surface area (Å²) in [5, 5.41) is 3.00. The monoisotopic (exact) mass is 322 g/mol. The molecule has 4 rings (SSSR count). The van der Waals surface area contributed by atoms with E-state index in [1.165, 1.54) is 6.33 Å². The van der Waals surface area contributed by atoms with Gasteiger partial charge in [-0.1, -0.05) is 18.2 Å². The van der Waals surface area contributed by atoms with Crippen LogP contribution in [-0.4, -0.2) is 38.9 Å². The van der Waals surface area contributed by atoms with Gasteiger partial charge in [-0.15, -0.1) is 0 Å². The Morgan fingerprint density at radius 2 is 2.08 bits per heavy atom. The summed E-state index contributed by atoms with van der Waals surface area (Å²) in [4.78, 5) is 30.5. The number of piperidine rings is 1. The Hall–Kier alpha value is -2.96. The largest absolute Gasteiger partial charge is 0.354 e. The number of carbonyl (C=O) groups is 1. The number of aromatic amines is 1. The van der Waals surface area contributed by atoms with Crippen molar-refractivity contribution in [2.75, 3.05) is 23.3 Å². The Bertz CT molecular complexity index is 846. The molecule has 0 aliphatic carbocycles. The van der Waals surface area contributed by atoms with Crippen LogP contribution in [0.1, 0.15) is 12.8 Å². The molecule has 24 heavy (non-hydrogen) atoms. The number of hydrogen-bond acceptors (Lipinski definition) is 5. The molecule has 0 bridgehead atoms. The quantitative estimate of drug-likeness (QED) is 0.772. The molecule has 122 valence electrons. The third-order valence-electron chi connectivity index (χ3n) is 4.34. The van der Waals surface area contributed by atoms with E-state index in [1.54, 1.807) is 6.33 Å². The molecule has 0 spiro atoms. The van der Waals surface area contributed by atoms with Crippen LogP contribution in [0.5, 0.6) is 0 Å². The van der Waals surface area contributed by atoms with Gasteiger partial charge in [-0.3, -0.25) is 4.79 Å². The third kappa shape index (κ3) is 2.80. The number of amides is 1. The predicted octanol–water partition coefficient (Wildman–Crippen LogP) is 2.21. The first kappa shape index (κ1) is 14.6. The maximum absolute atomic E-state index is 12.6. The lowest BCUT2D eigenvalue weighted by Gasteiger charge is -2.32. The molecular weight excluding hydrogens is 304 g/mol. The van der Waals surface area contributed by atoms with E-state index in [1.807, 2.05) is 30.3 Å². The maximum atomic E-state index is 12.6. The number of benzene rings is 1. The van der Waals surface area contributed by atoms with E-state index in [0.717, 1.165) is 36.4 Å². The van der Waals surface area contributed by atoms with E-state index in [0.29, 0.717) is 12.2 Å². The summed E-state index contributed by atoms with van der Waals surface area (Å²) in [5.74, 6) is 0.808. The summed E-state index contributed by atoms with van der Waals surface area (Å²) in [7, 11) is 0. The van der Waals surface area contributed by atoms with E-state index in [-0.39, 0.29) is 11.8 Å². The number of para-hydroxylation sites is 1. The van der Waals surface area contributed by atoms with Crippen LogP contribution < -0.4 is 10.2 Å². The molecule has 3 aromatic rings. The smallest absolute Gasteiger partial charge is 0.229 e. The molecule has 3 heterocycles. The first-order valence-electron chi connectivity index (χ1n) is 8.06. The number of carbonyl (C=O) groups excluding carboxylic acids is 1.